The van der Waals surface area contributed by atoms with Crippen molar-refractivity contribution in [2.45, 2.75) is 25.4 Å². The highest BCUT2D eigenvalue weighted by Gasteiger charge is 2.34. The van der Waals surface area contributed by atoms with Crippen LogP contribution in [0.3, 0.4) is 0 Å². The summed E-state index contributed by atoms with van der Waals surface area (Å²) in [7, 11) is 0. The lowest BCUT2D eigenvalue weighted by atomic mass is 10.2. The molecule has 2 heterocycles. The van der Waals surface area contributed by atoms with E-state index in [1.807, 2.05) is 21.7 Å². The predicted octanol–water partition coefficient (Wildman–Crippen LogP) is 3.65. The maximum absolute atomic E-state index is 12.9. The summed E-state index contributed by atoms with van der Waals surface area (Å²) in [5.41, 5.74) is 2.00. The molecule has 1 aliphatic carbocycles. The fourth-order valence-corrected chi connectivity index (χ4v) is 3.47. The molecule has 132 valence electrons. The number of hydrogen-bond acceptors (Lipinski definition) is 5. The van der Waals surface area contributed by atoms with Gasteiger partial charge in [0.1, 0.15) is 0 Å². The maximum atomic E-state index is 12.9. The highest BCUT2D eigenvalue weighted by atomic mass is 32.1. The number of rotatable bonds is 6. The molecule has 7 nitrogen and oxygen atoms in total. The lowest BCUT2D eigenvalue weighted by Crippen LogP contribution is -2.32. The Balaban J connectivity index is 1.57. The molecule has 0 atom stereocenters. The summed E-state index contributed by atoms with van der Waals surface area (Å²) in [5.74, 6) is -0.108. The van der Waals surface area contributed by atoms with Crippen molar-refractivity contribution in [3.63, 3.8) is 0 Å². The van der Waals surface area contributed by atoms with Gasteiger partial charge in [0.2, 0.25) is 0 Å². The molecule has 26 heavy (non-hydrogen) atoms. The topological polar surface area (TPSA) is 81.3 Å². The van der Waals surface area contributed by atoms with Crippen LogP contribution < -0.4 is 0 Å². The van der Waals surface area contributed by atoms with Gasteiger partial charge in [0.25, 0.3) is 11.6 Å². The second-order valence-electron chi connectivity index (χ2n) is 6.22. The Labute approximate surface area is 153 Å². The van der Waals surface area contributed by atoms with Gasteiger partial charge in [0, 0.05) is 30.9 Å². The lowest BCUT2D eigenvalue weighted by Gasteiger charge is -2.20. The Morgan fingerprint density at radius 2 is 2.19 bits per heavy atom. The first-order chi connectivity index (χ1) is 12.6. The first kappa shape index (κ1) is 16.5. The number of nitro benzene ring substituents is 1. The third-order valence-electron chi connectivity index (χ3n) is 4.29. The van der Waals surface area contributed by atoms with Crippen molar-refractivity contribution in [1.82, 2.24) is 14.7 Å². The van der Waals surface area contributed by atoms with Gasteiger partial charge in [0.15, 0.2) is 5.69 Å². The summed E-state index contributed by atoms with van der Waals surface area (Å²) in [6.07, 6.45) is 3.69. The molecule has 1 fully saturated rings. The molecular formula is C18H16N4O3S. The van der Waals surface area contributed by atoms with Gasteiger partial charge in [-0.25, -0.2) is 4.68 Å². The van der Waals surface area contributed by atoms with Crippen molar-refractivity contribution in [2.75, 3.05) is 0 Å². The molecule has 0 radical (unpaired) electrons. The van der Waals surface area contributed by atoms with E-state index in [0.29, 0.717) is 17.9 Å². The second-order valence-corrected chi connectivity index (χ2v) is 7.00. The molecule has 0 saturated heterocycles. The van der Waals surface area contributed by atoms with E-state index in [0.717, 1.165) is 18.4 Å². The quantitative estimate of drug-likeness (QED) is 0.491. The average molecular weight is 368 g/mol. The highest BCUT2D eigenvalue weighted by molar-refractivity contribution is 7.07. The molecule has 2 aromatic heterocycles. The van der Waals surface area contributed by atoms with E-state index in [1.54, 1.807) is 35.7 Å². The number of aromatic nitrogens is 2. The van der Waals surface area contributed by atoms with Crippen molar-refractivity contribution in [1.29, 1.82) is 0 Å². The molecule has 1 amide bonds. The van der Waals surface area contributed by atoms with Gasteiger partial charge in [-0.05, 0) is 47.4 Å². The van der Waals surface area contributed by atoms with Crippen molar-refractivity contribution < 1.29 is 9.72 Å². The van der Waals surface area contributed by atoms with Crippen LogP contribution in [-0.2, 0) is 6.54 Å². The van der Waals surface area contributed by atoms with Gasteiger partial charge in [-0.15, -0.1) is 0 Å². The van der Waals surface area contributed by atoms with Crippen LogP contribution in [0.4, 0.5) is 5.69 Å². The fraction of sp³-hybridized carbons (Fsp3) is 0.222. The van der Waals surface area contributed by atoms with Gasteiger partial charge in [0.05, 0.1) is 10.6 Å². The van der Waals surface area contributed by atoms with Gasteiger partial charge in [-0.3, -0.25) is 14.9 Å². The normalized spacial score (nSPS) is 13.5. The zero-order chi connectivity index (χ0) is 18.1. The summed E-state index contributed by atoms with van der Waals surface area (Å²) in [5, 5.41) is 19.3. The van der Waals surface area contributed by atoms with Gasteiger partial charge >= 0.3 is 0 Å². The number of hydrogen-bond donors (Lipinski definition) is 0. The third kappa shape index (κ3) is 3.36. The van der Waals surface area contributed by atoms with Crippen LogP contribution in [0.1, 0.15) is 28.9 Å². The molecule has 8 heteroatoms. The first-order valence-electron chi connectivity index (χ1n) is 8.24. The molecule has 3 aromatic rings. The number of nitro groups is 1. The Bertz CT molecular complexity index is 947. The number of nitrogens with zero attached hydrogens (tertiary/aromatic N) is 4. The van der Waals surface area contributed by atoms with Crippen LogP contribution in [0.25, 0.3) is 5.69 Å². The second kappa shape index (κ2) is 6.72. The summed E-state index contributed by atoms with van der Waals surface area (Å²) >= 11 is 1.61. The Kier molecular flexibility index (Phi) is 4.26. The predicted molar refractivity (Wildman–Crippen MR) is 97.4 cm³/mol. The van der Waals surface area contributed by atoms with Crippen molar-refractivity contribution >= 4 is 22.9 Å². The van der Waals surface area contributed by atoms with E-state index >= 15 is 0 Å². The molecule has 1 aromatic carbocycles. The van der Waals surface area contributed by atoms with Crippen molar-refractivity contribution in [2.24, 2.45) is 0 Å². The lowest BCUT2D eigenvalue weighted by molar-refractivity contribution is -0.384. The number of amides is 1. The van der Waals surface area contributed by atoms with Crippen LogP contribution >= 0.6 is 11.3 Å². The zero-order valence-corrected chi connectivity index (χ0v) is 14.6. The minimum absolute atomic E-state index is 0.0112. The summed E-state index contributed by atoms with van der Waals surface area (Å²) in [4.78, 5) is 25.3. The SMILES string of the molecule is O=C(c1ccn(-c2cccc([N+](=O)[O-])c2)n1)N(Cc1ccsc1)C1CC1. The largest absolute Gasteiger partial charge is 0.330 e. The average Bonchev–Trinajstić information content (AvgIpc) is 3.15. The number of carbonyl (C=O) groups excluding carboxylic acids is 1. The standard InChI is InChI=1S/C18H16N4O3S/c23-18(20(14-4-5-14)11-13-7-9-26-12-13)17-6-8-21(19-17)15-2-1-3-16(10-15)22(24)25/h1-3,6-10,12,14H,4-5,11H2. The van der Waals surface area contributed by atoms with Gasteiger partial charge in [-0.2, -0.15) is 16.4 Å². The molecule has 0 aliphatic heterocycles. The summed E-state index contributed by atoms with van der Waals surface area (Å²) in [6.45, 7) is 0.580. The molecule has 1 aliphatic rings. The molecule has 0 spiro atoms. The van der Waals surface area contributed by atoms with Gasteiger partial charge < -0.3 is 4.90 Å². The monoisotopic (exact) mass is 368 g/mol. The Morgan fingerprint density at radius 3 is 2.88 bits per heavy atom. The summed E-state index contributed by atoms with van der Waals surface area (Å²) in [6, 6.07) is 10.1. The number of benzene rings is 1. The van der Waals surface area contributed by atoms with E-state index in [1.165, 1.54) is 16.8 Å². The van der Waals surface area contributed by atoms with Crippen LogP contribution in [0.15, 0.2) is 53.4 Å². The number of non-ortho nitro benzene ring substituents is 1. The third-order valence-corrected chi connectivity index (χ3v) is 5.03. The minimum Gasteiger partial charge on any atom is -0.330 e. The first-order valence-corrected chi connectivity index (χ1v) is 9.18. The molecule has 4 rings (SSSR count). The maximum Gasteiger partial charge on any atom is 0.274 e. The number of thiophene rings is 1. The van der Waals surface area contributed by atoms with Gasteiger partial charge in [-0.1, -0.05) is 6.07 Å². The summed E-state index contributed by atoms with van der Waals surface area (Å²) < 4.78 is 1.50. The highest BCUT2D eigenvalue weighted by Crippen LogP contribution is 2.30. The van der Waals surface area contributed by atoms with Crippen LogP contribution in [-0.4, -0.2) is 31.6 Å². The smallest absolute Gasteiger partial charge is 0.274 e. The van der Waals surface area contributed by atoms with E-state index < -0.39 is 4.92 Å². The van der Waals surface area contributed by atoms with E-state index in [9.17, 15) is 14.9 Å². The molecule has 0 bridgehead atoms. The van der Waals surface area contributed by atoms with Crippen LogP contribution in [0.2, 0.25) is 0 Å². The Hall–Kier alpha value is -3.00. The number of carbonyl (C=O) groups is 1. The molecule has 1 saturated carbocycles. The van der Waals surface area contributed by atoms with E-state index in [4.69, 9.17) is 0 Å². The van der Waals surface area contributed by atoms with Crippen molar-refractivity contribution in [3.8, 4) is 5.69 Å². The fourth-order valence-electron chi connectivity index (χ4n) is 2.81. The molecule has 0 N–H and O–H groups in total. The van der Waals surface area contributed by atoms with Crippen LogP contribution in [0.5, 0.6) is 0 Å². The zero-order valence-electron chi connectivity index (χ0n) is 13.8. The van der Waals surface area contributed by atoms with E-state index in [2.05, 4.69) is 5.10 Å². The molecular weight excluding hydrogens is 352 g/mol. The van der Waals surface area contributed by atoms with E-state index in [-0.39, 0.29) is 17.6 Å². The molecule has 0 unspecified atom stereocenters. The minimum atomic E-state index is -0.450. The van der Waals surface area contributed by atoms with Crippen molar-refractivity contribution in [3.05, 3.63) is 74.7 Å². The van der Waals surface area contributed by atoms with Crippen LogP contribution in [0, 0.1) is 10.1 Å². The Morgan fingerprint density at radius 1 is 1.35 bits per heavy atom.